The highest BCUT2D eigenvalue weighted by Crippen LogP contribution is 2.32. The minimum absolute atomic E-state index is 0.128. The number of rotatable bonds is 6. The maximum Gasteiger partial charge on any atom is 0.255 e. The number of carbonyl (C=O) groups excluding carboxylic acids is 3. The molecule has 0 radical (unpaired) electrons. The number of fused-ring (bicyclic) bond motifs is 1. The van der Waals surface area contributed by atoms with Gasteiger partial charge in [0.15, 0.2) is 0 Å². The van der Waals surface area contributed by atoms with Crippen molar-refractivity contribution < 1.29 is 14.4 Å². The van der Waals surface area contributed by atoms with Gasteiger partial charge in [-0.1, -0.05) is 72.8 Å². The molecule has 3 heterocycles. The first-order chi connectivity index (χ1) is 18.1. The lowest BCUT2D eigenvalue weighted by molar-refractivity contribution is -0.136. The molecule has 2 saturated heterocycles. The third kappa shape index (κ3) is 4.68. The number of amides is 3. The fourth-order valence-corrected chi connectivity index (χ4v) is 5.88. The van der Waals surface area contributed by atoms with Gasteiger partial charge >= 0.3 is 0 Å². The van der Waals surface area contributed by atoms with Crippen LogP contribution in [0, 0.1) is 0 Å². The van der Waals surface area contributed by atoms with Gasteiger partial charge < -0.3 is 4.90 Å². The second-order valence-corrected chi connectivity index (χ2v) is 10.1. The third-order valence-electron chi connectivity index (χ3n) is 7.67. The Hall–Kier alpha value is -3.81. The van der Waals surface area contributed by atoms with Gasteiger partial charge in [-0.05, 0) is 34.7 Å². The van der Waals surface area contributed by atoms with E-state index >= 15 is 0 Å². The van der Waals surface area contributed by atoms with Crippen LogP contribution >= 0.6 is 0 Å². The summed E-state index contributed by atoms with van der Waals surface area (Å²) >= 11 is 0. The topological polar surface area (TPSA) is 73.0 Å². The minimum atomic E-state index is -0.582. The van der Waals surface area contributed by atoms with Crippen LogP contribution in [-0.2, 0) is 22.7 Å². The van der Waals surface area contributed by atoms with Crippen LogP contribution in [0.2, 0.25) is 0 Å². The molecule has 3 aliphatic heterocycles. The summed E-state index contributed by atoms with van der Waals surface area (Å²) in [7, 11) is 0. The van der Waals surface area contributed by atoms with Crippen LogP contribution in [0.1, 0.15) is 51.5 Å². The molecule has 0 spiro atoms. The highest BCUT2D eigenvalue weighted by atomic mass is 16.2. The van der Waals surface area contributed by atoms with Crippen molar-refractivity contribution >= 4 is 17.7 Å². The van der Waals surface area contributed by atoms with Crippen molar-refractivity contribution in [3.8, 4) is 0 Å². The zero-order valence-corrected chi connectivity index (χ0v) is 20.7. The normalized spacial score (nSPS) is 20.5. The Balaban J connectivity index is 1.15. The van der Waals surface area contributed by atoms with Gasteiger partial charge in [0.25, 0.3) is 5.91 Å². The van der Waals surface area contributed by atoms with Gasteiger partial charge in [0.05, 0.1) is 12.7 Å². The second-order valence-electron chi connectivity index (χ2n) is 10.1. The van der Waals surface area contributed by atoms with Crippen molar-refractivity contribution in [1.82, 2.24) is 20.0 Å². The largest absolute Gasteiger partial charge is 0.322 e. The Bertz CT molecular complexity index is 1290. The molecular formula is C30H30N4O3. The number of benzene rings is 3. The highest BCUT2D eigenvalue weighted by molar-refractivity contribution is 6.05. The van der Waals surface area contributed by atoms with Crippen LogP contribution in [0.25, 0.3) is 0 Å². The van der Waals surface area contributed by atoms with Gasteiger partial charge in [0, 0.05) is 38.2 Å². The molecule has 0 saturated carbocycles. The summed E-state index contributed by atoms with van der Waals surface area (Å²) in [5, 5.41) is 2.37. The number of imide groups is 1. The Morgan fingerprint density at radius 2 is 1.57 bits per heavy atom. The number of hydrogen-bond acceptors (Lipinski definition) is 5. The van der Waals surface area contributed by atoms with E-state index in [1.54, 1.807) is 4.90 Å². The molecule has 7 nitrogen and oxygen atoms in total. The number of nitrogens with one attached hydrogen (secondary N) is 1. The molecule has 3 aromatic rings. The fourth-order valence-electron chi connectivity index (χ4n) is 5.88. The van der Waals surface area contributed by atoms with E-state index in [2.05, 4.69) is 81.8 Å². The number of nitrogens with zero attached hydrogens (tertiary/aromatic N) is 3. The summed E-state index contributed by atoms with van der Waals surface area (Å²) in [5.74, 6) is -0.771. The molecule has 0 bridgehead atoms. The SMILES string of the molecule is O=C1CCC(N2Cc3cc(CN4CCN(C(c5ccccc5)c5ccccc5)C4)ccc3C2=O)C(=O)N1. The summed E-state index contributed by atoms with van der Waals surface area (Å²) < 4.78 is 0. The van der Waals surface area contributed by atoms with Crippen LogP contribution in [0.4, 0.5) is 0 Å². The molecule has 2 fully saturated rings. The molecule has 0 aliphatic carbocycles. The number of piperidine rings is 1. The van der Waals surface area contributed by atoms with Gasteiger partial charge in [-0.2, -0.15) is 0 Å². The van der Waals surface area contributed by atoms with Gasteiger partial charge in [-0.3, -0.25) is 29.5 Å². The first kappa shape index (κ1) is 23.6. The smallest absolute Gasteiger partial charge is 0.255 e. The van der Waals surface area contributed by atoms with Gasteiger partial charge in [-0.25, -0.2) is 0 Å². The minimum Gasteiger partial charge on any atom is -0.322 e. The van der Waals surface area contributed by atoms with Crippen molar-refractivity contribution in [2.75, 3.05) is 19.8 Å². The fraction of sp³-hybridized carbons (Fsp3) is 0.300. The highest BCUT2D eigenvalue weighted by Gasteiger charge is 2.39. The van der Waals surface area contributed by atoms with Crippen LogP contribution in [0.3, 0.4) is 0 Å². The average Bonchev–Trinajstić information content (AvgIpc) is 3.49. The summed E-state index contributed by atoms with van der Waals surface area (Å²) in [5.41, 5.74) is 5.36. The van der Waals surface area contributed by atoms with Crippen molar-refractivity contribution in [2.24, 2.45) is 0 Å². The van der Waals surface area contributed by atoms with Gasteiger partial charge in [0.2, 0.25) is 11.8 Å². The second kappa shape index (κ2) is 9.92. The molecule has 188 valence electrons. The molecular weight excluding hydrogens is 464 g/mol. The van der Waals surface area contributed by atoms with Crippen LogP contribution in [-0.4, -0.2) is 58.2 Å². The lowest BCUT2D eigenvalue weighted by atomic mass is 9.97. The molecule has 3 amide bonds. The van der Waals surface area contributed by atoms with Crippen molar-refractivity contribution in [1.29, 1.82) is 0 Å². The van der Waals surface area contributed by atoms with E-state index in [1.807, 2.05) is 12.1 Å². The maximum atomic E-state index is 13.0. The van der Waals surface area contributed by atoms with Gasteiger partial charge in [0.1, 0.15) is 6.04 Å². The molecule has 37 heavy (non-hydrogen) atoms. The molecule has 3 aromatic carbocycles. The molecule has 6 rings (SSSR count). The Kier molecular flexibility index (Phi) is 6.32. The third-order valence-corrected chi connectivity index (χ3v) is 7.67. The summed E-state index contributed by atoms with van der Waals surface area (Å²) in [6.45, 7) is 4.00. The maximum absolute atomic E-state index is 13.0. The lowest BCUT2D eigenvalue weighted by Crippen LogP contribution is -2.52. The molecule has 1 atom stereocenters. The number of carbonyl (C=O) groups is 3. The Morgan fingerprint density at radius 1 is 0.865 bits per heavy atom. The lowest BCUT2D eigenvalue weighted by Gasteiger charge is -2.29. The van der Waals surface area contributed by atoms with Crippen LogP contribution < -0.4 is 5.32 Å². The van der Waals surface area contributed by atoms with Gasteiger partial charge in [-0.15, -0.1) is 0 Å². The predicted octanol–water partition coefficient (Wildman–Crippen LogP) is 3.31. The standard InChI is InChI=1S/C30H30N4O3/c35-27-14-13-26(29(36)31-27)34-19-24-17-21(11-12-25(24)30(34)37)18-32-15-16-33(20-32)28(22-7-3-1-4-8-22)23-9-5-2-6-10-23/h1-12,17,26,28H,13-16,18-20H2,(H,31,35,36). The summed E-state index contributed by atoms with van der Waals surface area (Å²) in [6.07, 6.45) is 0.644. The van der Waals surface area contributed by atoms with E-state index in [-0.39, 0.29) is 30.2 Å². The molecule has 0 aromatic heterocycles. The first-order valence-electron chi connectivity index (χ1n) is 12.9. The average molecular weight is 495 g/mol. The van der Waals surface area contributed by atoms with E-state index in [9.17, 15) is 14.4 Å². The summed E-state index contributed by atoms with van der Waals surface area (Å²) in [6, 6.07) is 27.0. The van der Waals surface area contributed by atoms with Crippen molar-refractivity contribution in [2.45, 2.75) is 38.0 Å². The van der Waals surface area contributed by atoms with Crippen molar-refractivity contribution in [3.63, 3.8) is 0 Å². The number of hydrogen-bond donors (Lipinski definition) is 1. The van der Waals surface area contributed by atoms with E-state index in [0.717, 1.165) is 37.4 Å². The molecule has 7 heteroatoms. The zero-order valence-electron chi connectivity index (χ0n) is 20.7. The van der Waals surface area contributed by atoms with E-state index in [0.29, 0.717) is 18.5 Å². The van der Waals surface area contributed by atoms with Crippen LogP contribution in [0.5, 0.6) is 0 Å². The first-order valence-corrected chi connectivity index (χ1v) is 12.9. The monoisotopic (exact) mass is 494 g/mol. The van der Waals surface area contributed by atoms with E-state index < -0.39 is 6.04 Å². The zero-order chi connectivity index (χ0) is 25.4. The molecule has 3 aliphatic rings. The predicted molar refractivity (Wildman–Crippen MR) is 139 cm³/mol. The Labute approximate surface area is 216 Å². The summed E-state index contributed by atoms with van der Waals surface area (Å²) in [4.78, 5) is 43.4. The van der Waals surface area contributed by atoms with Crippen LogP contribution in [0.15, 0.2) is 78.9 Å². The van der Waals surface area contributed by atoms with Crippen molar-refractivity contribution in [3.05, 3.63) is 107 Å². The Morgan fingerprint density at radius 3 is 2.24 bits per heavy atom. The quantitative estimate of drug-likeness (QED) is 0.533. The van der Waals surface area contributed by atoms with E-state index in [1.165, 1.54) is 11.1 Å². The molecule has 1 N–H and O–H groups in total. The molecule has 1 unspecified atom stereocenters. The van der Waals surface area contributed by atoms with E-state index in [4.69, 9.17) is 0 Å².